The van der Waals surface area contributed by atoms with Crippen LogP contribution in [0.5, 0.6) is 5.88 Å². The van der Waals surface area contributed by atoms with E-state index in [0.717, 1.165) is 6.92 Å². The van der Waals surface area contributed by atoms with Crippen molar-refractivity contribution in [3.05, 3.63) is 6.33 Å². The van der Waals surface area contributed by atoms with E-state index < -0.39 is 36.8 Å². The van der Waals surface area contributed by atoms with E-state index in [9.17, 15) is 9.67 Å². The van der Waals surface area contributed by atoms with Gasteiger partial charge in [-0.25, -0.2) is 9.37 Å². The summed E-state index contributed by atoms with van der Waals surface area (Å²) in [6.07, 6.45) is -6.73. The van der Waals surface area contributed by atoms with Gasteiger partial charge in [0.25, 0.3) is 0 Å². The lowest BCUT2D eigenvalue weighted by molar-refractivity contribution is -0.0532. The number of imidazole rings is 1. The number of anilines is 1. The van der Waals surface area contributed by atoms with Crippen LogP contribution in [0.2, 0.25) is 0 Å². The van der Waals surface area contributed by atoms with Crippen LogP contribution in [-0.4, -0.2) is 55.7 Å². The van der Waals surface area contributed by atoms with Gasteiger partial charge in [0.2, 0.25) is 11.8 Å². The zero-order valence-corrected chi connectivity index (χ0v) is 16.7. The van der Waals surface area contributed by atoms with Crippen molar-refractivity contribution in [3.8, 4) is 5.88 Å². The number of aliphatic hydroxyl groups excluding tert-OH is 1. The highest BCUT2D eigenvalue weighted by atomic mass is 35.9. The second-order valence-corrected chi connectivity index (χ2v) is 10.3. The number of ether oxygens (including phenoxy) is 2. The molecule has 10 nitrogen and oxygen atoms in total. The average Bonchev–Trinajstić information content (AvgIpc) is 3.05. The summed E-state index contributed by atoms with van der Waals surface area (Å²) in [7, 11) is 0. The minimum absolute atomic E-state index is 0.100. The van der Waals surface area contributed by atoms with E-state index in [-0.39, 0.29) is 23.0 Å². The number of hydrogen-bond acceptors (Lipinski definition) is 9. The summed E-state index contributed by atoms with van der Waals surface area (Å²) in [5.41, 5.74) is 3.84. The zero-order chi connectivity index (χ0) is 20.0. The predicted octanol–water partition coefficient (Wildman–Crippen LogP) is 2.40. The van der Waals surface area contributed by atoms with E-state index in [0.29, 0.717) is 6.61 Å². The van der Waals surface area contributed by atoms with Gasteiger partial charge in [0, 0.05) is 0 Å². The van der Waals surface area contributed by atoms with Crippen LogP contribution in [0.4, 0.5) is 10.3 Å². The summed E-state index contributed by atoms with van der Waals surface area (Å²) in [6, 6.07) is 0. The van der Waals surface area contributed by atoms with Crippen LogP contribution in [0, 0.1) is 0 Å². The Bertz CT molecular complexity index is 893. The molecular weight excluding hydrogens is 427 g/mol. The van der Waals surface area contributed by atoms with Gasteiger partial charge in [-0.1, -0.05) is 0 Å². The lowest BCUT2D eigenvalue weighted by atomic mass is 9.98. The van der Waals surface area contributed by atoms with Crippen LogP contribution in [0.3, 0.4) is 0 Å². The van der Waals surface area contributed by atoms with Crippen molar-refractivity contribution in [1.82, 2.24) is 19.5 Å². The fraction of sp³-hybridized carbons (Fsp3) is 0.615. The van der Waals surface area contributed by atoms with Crippen LogP contribution in [-0.2, 0) is 13.8 Å². The number of halogens is 3. The largest absolute Gasteiger partial charge is 0.476 e. The second-order valence-electron chi connectivity index (χ2n) is 5.98. The number of nitrogens with zero attached hydrogens (tertiary/aromatic N) is 4. The van der Waals surface area contributed by atoms with Crippen molar-refractivity contribution in [2.24, 2.45) is 0 Å². The molecule has 3 rings (SSSR count). The van der Waals surface area contributed by atoms with Gasteiger partial charge in [0.05, 0.1) is 19.5 Å². The summed E-state index contributed by atoms with van der Waals surface area (Å²) in [4.78, 5) is 12.2. The minimum Gasteiger partial charge on any atom is -0.476 e. The van der Waals surface area contributed by atoms with E-state index in [4.69, 9.17) is 42.2 Å². The van der Waals surface area contributed by atoms with Crippen molar-refractivity contribution < 1.29 is 28.1 Å². The summed E-state index contributed by atoms with van der Waals surface area (Å²) < 4.78 is 43.5. The van der Waals surface area contributed by atoms with E-state index in [1.165, 1.54) is 10.9 Å². The molecule has 0 spiro atoms. The maximum atomic E-state index is 15.3. The maximum Gasteiger partial charge on any atom is 0.380 e. The molecule has 14 heteroatoms. The van der Waals surface area contributed by atoms with Crippen LogP contribution in [0.25, 0.3) is 11.2 Å². The van der Waals surface area contributed by atoms with Gasteiger partial charge >= 0.3 is 6.07 Å². The van der Waals surface area contributed by atoms with Gasteiger partial charge in [-0.05, 0) is 36.3 Å². The first kappa shape index (κ1) is 20.5. The Kier molecular flexibility index (Phi) is 5.55. The van der Waals surface area contributed by atoms with Crippen molar-refractivity contribution in [3.63, 3.8) is 0 Å². The Morgan fingerprint density at radius 2 is 2.22 bits per heavy atom. The number of nitrogens with two attached hydrogens (primary N) is 1. The number of aromatic nitrogens is 4. The van der Waals surface area contributed by atoms with Crippen molar-refractivity contribution in [2.45, 2.75) is 38.0 Å². The summed E-state index contributed by atoms with van der Waals surface area (Å²) in [6.45, 7) is 2.74. The summed E-state index contributed by atoms with van der Waals surface area (Å²) in [5.74, 6) is 0.0415. The van der Waals surface area contributed by atoms with Crippen LogP contribution < -0.4 is 10.5 Å². The third-order valence-corrected chi connectivity index (χ3v) is 5.08. The molecule has 4 atom stereocenters. The second kappa shape index (κ2) is 7.31. The molecule has 3 heterocycles. The molecule has 3 N–H and O–H groups in total. The van der Waals surface area contributed by atoms with Crippen LogP contribution in [0.1, 0.15) is 20.1 Å². The molecule has 1 saturated heterocycles. The Morgan fingerprint density at radius 3 is 2.85 bits per heavy atom. The molecule has 0 radical (unpaired) electrons. The summed E-state index contributed by atoms with van der Waals surface area (Å²) in [5, 5.41) is 10.3. The molecule has 0 bridgehead atoms. The first-order valence-corrected chi connectivity index (χ1v) is 11.3. The van der Waals surface area contributed by atoms with E-state index in [2.05, 4.69) is 15.0 Å². The molecule has 2 aromatic rings. The Morgan fingerprint density at radius 1 is 1.52 bits per heavy atom. The first-order chi connectivity index (χ1) is 12.5. The highest BCUT2D eigenvalue weighted by Gasteiger charge is 2.55. The number of rotatable bonds is 6. The number of aliphatic hydroxyl groups is 1. The quantitative estimate of drug-likeness (QED) is 0.644. The lowest BCUT2D eigenvalue weighted by Crippen LogP contribution is -2.40. The third-order valence-electron chi connectivity index (χ3n) is 4.05. The van der Waals surface area contributed by atoms with Gasteiger partial charge in [0.15, 0.2) is 23.1 Å². The maximum absolute atomic E-state index is 15.3. The molecule has 27 heavy (non-hydrogen) atoms. The van der Waals surface area contributed by atoms with E-state index in [1.807, 2.05) is 0 Å². The average molecular weight is 444 g/mol. The van der Waals surface area contributed by atoms with Crippen LogP contribution in [0.15, 0.2) is 6.33 Å². The van der Waals surface area contributed by atoms with Gasteiger partial charge in [-0.3, -0.25) is 9.13 Å². The summed E-state index contributed by atoms with van der Waals surface area (Å²) >= 11 is 10.6. The van der Waals surface area contributed by atoms with Crippen molar-refractivity contribution in [2.75, 3.05) is 18.9 Å². The van der Waals surface area contributed by atoms with Gasteiger partial charge < -0.3 is 24.8 Å². The molecule has 1 fully saturated rings. The number of fused-ring (bicyclic) bond motifs is 1. The zero-order valence-electron chi connectivity index (χ0n) is 14.3. The predicted molar refractivity (Wildman–Crippen MR) is 95.6 cm³/mol. The van der Waals surface area contributed by atoms with Gasteiger partial charge in [0.1, 0.15) is 12.2 Å². The van der Waals surface area contributed by atoms with Gasteiger partial charge in [-0.2, -0.15) is 9.97 Å². The highest BCUT2D eigenvalue weighted by molar-refractivity contribution is 8.05. The molecule has 1 aliphatic rings. The Balaban J connectivity index is 1.97. The molecule has 0 aromatic carbocycles. The fourth-order valence-electron chi connectivity index (χ4n) is 2.83. The topological polar surface area (TPSA) is 135 Å². The Hall–Kier alpha value is -1.23. The number of nitrogen functional groups attached to an aromatic ring is 1. The minimum atomic E-state index is -3.87. The molecule has 150 valence electrons. The molecule has 0 aliphatic carbocycles. The number of alkyl halides is 1. The van der Waals surface area contributed by atoms with E-state index >= 15 is 4.39 Å². The normalized spacial score (nSPS) is 28.7. The smallest absolute Gasteiger partial charge is 0.380 e. The standard InChI is InChI=1S/C13H17Cl2FN5O5P/c1-3-24-10-7-9(19-12(17)20-10)21(5-18-7)11-13(2,16)8(22)6(26-11)4-25-27(14,15)23/h5-6,8,11,22H,3-4H2,1-2H3,(H2,17,19,20)/t6-,8-,11?,13-/m1/s1. The van der Waals surface area contributed by atoms with Crippen molar-refractivity contribution >= 4 is 45.7 Å². The fourth-order valence-corrected chi connectivity index (χ4v) is 3.48. The molecule has 0 saturated carbocycles. The number of hydrogen-bond donors (Lipinski definition) is 2. The van der Waals surface area contributed by atoms with E-state index in [1.54, 1.807) is 6.92 Å². The molecular formula is C13H17Cl2FN5O5P. The molecule has 1 aliphatic heterocycles. The monoisotopic (exact) mass is 443 g/mol. The molecule has 1 unspecified atom stereocenters. The van der Waals surface area contributed by atoms with Crippen LogP contribution >= 0.6 is 28.6 Å². The lowest BCUT2D eigenvalue weighted by Gasteiger charge is -2.24. The SMILES string of the molecule is CCOc1nc(N)nc2c1ncn2C1O[C@H](COP(=O)(Cl)Cl)[C@@H](O)[C@@]1(C)F. The first-order valence-electron chi connectivity index (χ1n) is 7.83. The molecule has 2 aromatic heterocycles. The van der Waals surface area contributed by atoms with Crippen molar-refractivity contribution in [1.29, 1.82) is 0 Å². The highest BCUT2D eigenvalue weighted by Crippen LogP contribution is 2.58. The molecule has 0 amide bonds. The Labute approximate surface area is 162 Å². The van der Waals surface area contributed by atoms with Gasteiger partial charge in [-0.15, -0.1) is 0 Å². The third kappa shape index (κ3) is 3.98.